The molecule has 1 heterocycles. The van der Waals surface area contributed by atoms with Crippen molar-refractivity contribution in [2.45, 2.75) is 25.1 Å². The molecule has 5 heteroatoms. The number of halogens is 1. The van der Waals surface area contributed by atoms with Crippen LogP contribution >= 0.6 is 12.4 Å². The van der Waals surface area contributed by atoms with Crippen LogP contribution in [0.2, 0.25) is 0 Å². The zero-order valence-electron chi connectivity index (χ0n) is 12.5. The van der Waals surface area contributed by atoms with Crippen LogP contribution in [0.1, 0.15) is 12.0 Å². The smallest absolute Gasteiger partial charge is 0.239 e. The van der Waals surface area contributed by atoms with Crippen LogP contribution in [-0.4, -0.2) is 41.7 Å². The van der Waals surface area contributed by atoms with E-state index in [9.17, 15) is 9.90 Å². The summed E-state index contributed by atoms with van der Waals surface area (Å²) in [6.45, 7) is 1.08. The average Bonchev–Trinajstić information content (AvgIpc) is 2.93. The number of nitrogens with zero attached hydrogens (tertiary/aromatic N) is 1. The molecule has 1 fully saturated rings. The monoisotopic (exact) mass is 320 g/mol. The largest absolute Gasteiger partial charge is 0.392 e. The van der Waals surface area contributed by atoms with Gasteiger partial charge in [0.15, 0.2) is 0 Å². The fourth-order valence-electron chi connectivity index (χ4n) is 2.86. The van der Waals surface area contributed by atoms with Gasteiger partial charge in [0.05, 0.1) is 12.1 Å². The van der Waals surface area contributed by atoms with Crippen molar-refractivity contribution in [3.05, 3.63) is 48.0 Å². The van der Waals surface area contributed by atoms with Gasteiger partial charge in [-0.25, -0.2) is 0 Å². The van der Waals surface area contributed by atoms with Crippen molar-refractivity contribution in [3.8, 4) is 0 Å². The molecule has 0 saturated carbocycles. The highest BCUT2D eigenvalue weighted by molar-refractivity contribution is 5.85. The van der Waals surface area contributed by atoms with Crippen LogP contribution in [0.3, 0.4) is 0 Å². The van der Waals surface area contributed by atoms with Crippen LogP contribution in [0.25, 0.3) is 10.8 Å². The minimum Gasteiger partial charge on any atom is -0.392 e. The average molecular weight is 321 g/mol. The Morgan fingerprint density at radius 2 is 2.00 bits per heavy atom. The molecule has 0 bridgehead atoms. The van der Waals surface area contributed by atoms with Gasteiger partial charge in [0.25, 0.3) is 0 Å². The van der Waals surface area contributed by atoms with E-state index in [1.807, 2.05) is 19.2 Å². The van der Waals surface area contributed by atoms with Gasteiger partial charge in [-0.05, 0) is 28.8 Å². The zero-order chi connectivity index (χ0) is 14.8. The van der Waals surface area contributed by atoms with Crippen LogP contribution in [0.15, 0.2) is 42.5 Å². The van der Waals surface area contributed by atoms with E-state index in [2.05, 4.69) is 35.6 Å². The summed E-state index contributed by atoms with van der Waals surface area (Å²) in [7, 11) is 1.81. The first kappa shape index (κ1) is 16.7. The Morgan fingerprint density at radius 3 is 2.68 bits per heavy atom. The highest BCUT2D eigenvalue weighted by atomic mass is 35.5. The Hall–Kier alpha value is -1.62. The van der Waals surface area contributed by atoms with Gasteiger partial charge in [-0.15, -0.1) is 12.4 Å². The highest BCUT2D eigenvalue weighted by Gasteiger charge is 2.29. The quantitative estimate of drug-likeness (QED) is 0.909. The Balaban J connectivity index is 0.00000176. The second kappa shape index (κ2) is 7.09. The molecule has 2 aromatic carbocycles. The number of likely N-dealkylation sites (N-methyl/N-ethyl adjacent to an activating group) is 1. The molecule has 118 valence electrons. The minimum atomic E-state index is -0.409. The third-order valence-electron chi connectivity index (χ3n) is 4.02. The number of rotatable bonds is 3. The Morgan fingerprint density at radius 1 is 1.27 bits per heavy atom. The molecule has 1 saturated heterocycles. The van der Waals surface area contributed by atoms with Gasteiger partial charge in [-0.2, -0.15) is 0 Å². The molecule has 2 N–H and O–H groups in total. The molecule has 1 amide bonds. The Kier molecular flexibility index (Phi) is 5.40. The molecule has 4 nitrogen and oxygen atoms in total. The van der Waals surface area contributed by atoms with Crippen molar-refractivity contribution in [2.75, 3.05) is 13.6 Å². The molecular weight excluding hydrogens is 300 g/mol. The van der Waals surface area contributed by atoms with Crippen molar-refractivity contribution in [2.24, 2.45) is 0 Å². The van der Waals surface area contributed by atoms with E-state index in [0.717, 1.165) is 5.56 Å². The fraction of sp³-hybridized carbons (Fsp3) is 0.353. The first-order chi connectivity index (χ1) is 10.1. The van der Waals surface area contributed by atoms with E-state index in [0.29, 0.717) is 19.5 Å². The summed E-state index contributed by atoms with van der Waals surface area (Å²) >= 11 is 0. The van der Waals surface area contributed by atoms with Gasteiger partial charge in [0.1, 0.15) is 0 Å². The lowest BCUT2D eigenvalue weighted by atomic mass is 10.1. The standard InChI is InChI=1S/C17H20N2O2.ClH/c1-19(17(21)16-9-15(20)10-18-16)11-12-6-7-13-4-2-3-5-14(13)8-12;/h2-8,15-16,18,20H,9-11H2,1H3;1H. The summed E-state index contributed by atoms with van der Waals surface area (Å²) in [5.41, 5.74) is 1.11. The normalized spacial score (nSPS) is 20.6. The van der Waals surface area contributed by atoms with Gasteiger partial charge in [-0.1, -0.05) is 36.4 Å². The maximum atomic E-state index is 12.3. The Bertz CT molecular complexity index is 662. The number of benzene rings is 2. The second-order valence-electron chi connectivity index (χ2n) is 5.73. The summed E-state index contributed by atoms with van der Waals surface area (Å²) in [4.78, 5) is 14.0. The predicted molar refractivity (Wildman–Crippen MR) is 90.1 cm³/mol. The number of aliphatic hydroxyl groups excluding tert-OH is 1. The summed E-state index contributed by atoms with van der Waals surface area (Å²) < 4.78 is 0. The number of amides is 1. The number of fused-ring (bicyclic) bond motifs is 1. The van der Waals surface area contributed by atoms with E-state index in [1.165, 1.54) is 10.8 Å². The minimum absolute atomic E-state index is 0. The van der Waals surface area contributed by atoms with Crippen molar-refractivity contribution < 1.29 is 9.90 Å². The van der Waals surface area contributed by atoms with Crippen molar-refractivity contribution in [1.29, 1.82) is 0 Å². The molecule has 1 aliphatic rings. The van der Waals surface area contributed by atoms with Crippen molar-refractivity contribution >= 4 is 29.1 Å². The first-order valence-corrected chi connectivity index (χ1v) is 7.27. The SMILES string of the molecule is CN(Cc1ccc2ccccc2c1)C(=O)C1CC(O)CN1.Cl. The number of hydrogen-bond donors (Lipinski definition) is 2. The van der Waals surface area contributed by atoms with E-state index >= 15 is 0 Å². The lowest BCUT2D eigenvalue weighted by Gasteiger charge is -2.21. The molecule has 3 rings (SSSR count). The van der Waals surface area contributed by atoms with Crippen molar-refractivity contribution in [3.63, 3.8) is 0 Å². The predicted octanol–water partition coefficient (Wildman–Crippen LogP) is 1.94. The molecule has 2 atom stereocenters. The van der Waals surface area contributed by atoms with E-state index in [-0.39, 0.29) is 24.4 Å². The molecule has 0 radical (unpaired) electrons. The second-order valence-corrected chi connectivity index (χ2v) is 5.73. The van der Waals surface area contributed by atoms with Crippen LogP contribution in [0, 0.1) is 0 Å². The first-order valence-electron chi connectivity index (χ1n) is 7.27. The molecule has 0 aromatic heterocycles. The van der Waals surface area contributed by atoms with Gasteiger partial charge < -0.3 is 15.3 Å². The van der Waals surface area contributed by atoms with Crippen LogP contribution in [0.5, 0.6) is 0 Å². The molecule has 0 spiro atoms. The maximum absolute atomic E-state index is 12.3. The Labute approximate surface area is 136 Å². The molecule has 0 aliphatic carbocycles. The number of hydrogen-bond acceptors (Lipinski definition) is 3. The van der Waals surface area contributed by atoms with Gasteiger partial charge in [-0.3, -0.25) is 4.79 Å². The summed E-state index contributed by atoms with van der Waals surface area (Å²) in [6.07, 6.45) is 0.0916. The van der Waals surface area contributed by atoms with Crippen LogP contribution < -0.4 is 5.32 Å². The summed E-state index contributed by atoms with van der Waals surface area (Å²) in [5, 5.41) is 15.0. The van der Waals surface area contributed by atoms with Gasteiger partial charge in [0, 0.05) is 20.1 Å². The third kappa shape index (κ3) is 3.58. The number of β-amino-alcohol motifs (C(OH)–C–C–N with tert-alkyl or cyclic N) is 1. The van der Waals surface area contributed by atoms with E-state index < -0.39 is 6.10 Å². The maximum Gasteiger partial charge on any atom is 0.239 e. The van der Waals surface area contributed by atoms with Crippen LogP contribution in [-0.2, 0) is 11.3 Å². The zero-order valence-corrected chi connectivity index (χ0v) is 13.3. The third-order valence-corrected chi connectivity index (χ3v) is 4.02. The van der Waals surface area contributed by atoms with Gasteiger partial charge in [0.2, 0.25) is 5.91 Å². The molecule has 2 unspecified atom stereocenters. The number of carbonyl (C=O) groups excluding carboxylic acids is 1. The summed E-state index contributed by atoms with van der Waals surface area (Å²) in [5.74, 6) is 0.0414. The molecule has 2 aromatic rings. The lowest BCUT2D eigenvalue weighted by Crippen LogP contribution is -2.41. The number of carbonyl (C=O) groups is 1. The van der Waals surface area contributed by atoms with E-state index in [1.54, 1.807) is 4.90 Å². The highest BCUT2D eigenvalue weighted by Crippen LogP contribution is 2.17. The van der Waals surface area contributed by atoms with Crippen LogP contribution in [0.4, 0.5) is 0 Å². The van der Waals surface area contributed by atoms with Crippen molar-refractivity contribution in [1.82, 2.24) is 10.2 Å². The summed E-state index contributed by atoms with van der Waals surface area (Å²) in [6, 6.07) is 14.2. The van der Waals surface area contributed by atoms with E-state index in [4.69, 9.17) is 0 Å². The number of aliphatic hydroxyl groups is 1. The molecule has 1 aliphatic heterocycles. The topological polar surface area (TPSA) is 52.6 Å². The lowest BCUT2D eigenvalue weighted by molar-refractivity contribution is -0.132. The molecular formula is C17H21ClN2O2. The van der Waals surface area contributed by atoms with Gasteiger partial charge >= 0.3 is 0 Å². The molecule has 22 heavy (non-hydrogen) atoms. The fourth-order valence-corrected chi connectivity index (χ4v) is 2.86. The number of nitrogens with one attached hydrogen (secondary N) is 1.